The standard InChI is InChI=1S/C30H31NOSi/c1-30(2,3)26-16-23(15-20-9-7-8-10-25(20)26)27-17-22(13-14-31-27)28-18-21-11-12-24(33(4,5)6)19-29(21)32-28/h7-19H,1-6H3. The zero-order valence-electron chi connectivity index (χ0n) is 20.4. The zero-order chi connectivity index (χ0) is 23.4. The van der Waals surface area contributed by atoms with E-state index in [-0.39, 0.29) is 5.41 Å². The van der Waals surface area contributed by atoms with Gasteiger partial charge in [-0.2, -0.15) is 0 Å². The van der Waals surface area contributed by atoms with Crippen LogP contribution in [0.5, 0.6) is 0 Å². The Hall–Kier alpha value is -3.17. The quantitative estimate of drug-likeness (QED) is 0.260. The lowest BCUT2D eigenvalue weighted by Gasteiger charge is -2.22. The Morgan fingerprint density at radius 1 is 0.758 bits per heavy atom. The van der Waals surface area contributed by atoms with E-state index in [4.69, 9.17) is 9.40 Å². The summed E-state index contributed by atoms with van der Waals surface area (Å²) < 4.78 is 6.32. The van der Waals surface area contributed by atoms with Crippen molar-refractivity contribution in [2.45, 2.75) is 45.8 Å². The number of fused-ring (bicyclic) bond motifs is 2. The molecule has 5 rings (SSSR count). The molecular weight excluding hydrogens is 418 g/mol. The highest BCUT2D eigenvalue weighted by Gasteiger charge is 2.20. The van der Waals surface area contributed by atoms with Crippen molar-refractivity contribution in [3.05, 3.63) is 84.6 Å². The largest absolute Gasteiger partial charge is 0.456 e. The second-order valence-electron chi connectivity index (χ2n) is 11.0. The Morgan fingerprint density at radius 3 is 2.30 bits per heavy atom. The second-order valence-corrected chi connectivity index (χ2v) is 16.1. The molecule has 0 spiro atoms. The lowest BCUT2D eigenvalue weighted by molar-refractivity contribution is 0.596. The first kappa shape index (κ1) is 21.7. The van der Waals surface area contributed by atoms with Gasteiger partial charge in [0, 0.05) is 22.7 Å². The predicted octanol–water partition coefficient (Wildman–Crippen LogP) is 8.16. The van der Waals surface area contributed by atoms with E-state index in [1.54, 1.807) is 0 Å². The van der Waals surface area contributed by atoms with Gasteiger partial charge in [-0.1, -0.05) is 82.0 Å². The molecule has 0 aliphatic carbocycles. The smallest absolute Gasteiger partial charge is 0.135 e. The van der Waals surface area contributed by atoms with Gasteiger partial charge in [-0.15, -0.1) is 0 Å². The second kappa shape index (κ2) is 7.70. The number of nitrogens with zero attached hydrogens (tertiary/aromatic N) is 1. The third kappa shape index (κ3) is 4.14. The average molecular weight is 450 g/mol. The molecule has 2 aromatic heterocycles. The van der Waals surface area contributed by atoms with E-state index < -0.39 is 8.07 Å². The molecule has 0 radical (unpaired) electrons. The summed E-state index contributed by atoms with van der Waals surface area (Å²) in [7, 11) is -1.39. The van der Waals surface area contributed by atoms with Gasteiger partial charge in [0.15, 0.2) is 0 Å². The van der Waals surface area contributed by atoms with Crippen molar-refractivity contribution in [2.24, 2.45) is 0 Å². The maximum absolute atomic E-state index is 6.32. The molecule has 33 heavy (non-hydrogen) atoms. The van der Waals surface area contributed by atoms with Crippen LogP contribution in [0.25, 0.3) is 44.3 Å². The summed E-state index contributed by atoms with van der Waals surface area (Å²) in [5.74, 6) is 0.887. The number of rotatable bonds is 3. The molecule has 0 aliphatic rings. The Bertz CT molecular complexity index is 1480. The molecule has 0 aliphatic heterocycles. The van der Waals surface area contributed by atoms with Gasteiger partial charge in [-0.25, -0.2) is 0 Å². The normalized spacial score (nSPS) is 12.5. The van der Waals surface area contributed by atoms with E-state index in [9.17, 15) is 0 Å². The van der Waals surface area contributed by atoms with Crippen LogP contribution in [0.3, 0.4) is 0 Å². The van der Waals surface area contributed by atoms with Gasteiger partial charge in [0.25, 0.3) is 0 Å². The molecule has 0 N–H and O–H groups in total. The summed E-state index contributed by atoms with van der Waals surface area (Å²) >= 11 is 0. The first-order valence-corrected chi connectivity index (χ1v) is 15.1. The van der Waals surface area contributed by atoms with Crippen LogP contribution < -0.4 is 5.19 Å². The monoisotopic (exact) mass is 449 g/mol. The lowest BCUT2D eigenvalue weighted by atomic mass is 9.82. The SMILES string of the molecule is CC(C)(C)c1cc(-c2cc(-c3cc4ccc([Si](C)(C)C)cc4o3)ccn2)cc2ccccc12. The van der Waals surface area contributed by atoms with Gasteiger partial charge in [0.05, 0.1) is 13.8 Å². The molecule has 0 bridgehead atoms. The van der Waals surface area contributed by atoms with Gasteiger partial charge in [0.1, 0.15) is 11.3 Å². The van der Waals surface area contributed by atoms with E-state index in [2.05, 4.69) is 107 Å². The van der Waals surface area contributed by atoms with Gasteiger partial charge in [-0.3, -0.25) is 4.98 Å². The summed E-state index contributed by atoms with van der Waals surface area (Å²) in [4.78, 5) is 4.73. The zero-order valence-corrected chi connectivity index (χ0v) is 21.4. The highest BCUT2D eigenvalue weighted by atomic mass is 28.3. The van der Waals surface area contributed by atoms with Crippen LogP contribution in [0.4, 0.5) is 0 Å². The van der Waals surface area contributed by atoms with Crippen LogP contribution in [-0.2, 0) is 5.41 Å². The van der Waals surface area contributed by atoms with E-state index in [1.165, 1.54) is 21.5 Å². The highest BCUT2D eigenvalue weighted by Crippen LogP contribution is 2.35. The molecule has 0 amide bonds. The first-order valence-electron chi connectivity index (χ1n) is 11.6. The highest BCUT2D eigenvalue weighted by molar-refractivity contribution is 6.88. The fourth-order valence-electron chi connectivity index (χ4n) is 4.46. The van der Waals surface area contributed by atoms with Crippen LogP contribution in [0.2, 0.25) is 19.6 Å². The summed E-state index contributed by atoms with van der Waals surface area (Å²) in [6.07, 6.45) is 1.89. The summed E-state index contributed by atoms with van der Waals surface area (Å²) in [6.45, 7) is 13.9. The molecule has 0 saturated heterocycles. The Morgan fingerprint density at radius 2 is 1.55 bits per heavy atom. The van der Waals surface area contributed by atoms with Crippen molar-refractivity contribution in [3.63, 3.8) is 0 Å². The van der Waals surface area contributed by atoms with Crippen molar-refractivity contribution in [1.82, 2.24) is 4.98 Å². The number of benzene rings is 3. The van der Waals surface area contributed by atoms with Crippen LogP contribution in [0.15, 0.2) is 83.4 Å². The van der Waals surface area contributed by atoms with Crippen LogP contribution in [0, 0.1) is 0 Å². The van der Waals surface area contributed by atoms with Crippen molar-refractivity contribution in [2.75, 3.05) is 0 Å². The van der Waals surface area contributed by atoms with Crippen molar-refractivity contribution in [1.29, 1.82) is 0 Å². The maximum atomic E-state index is 6.32. The molecule has 3 aromatic carbocycles. The molecule has 0 atom stereocenters. The molecular formula is C30H31NOSi. The van der Waals surface area contributed by atoms with E-state index >= 15 is 0 Å². The number of aromatic nitrogens is 1. The fraction of sp³-hybridized carbons (Fsp3) is 0.233. The van der Waals surface area contributed by atoms with Crippen LogP contribution in [-0.4, -0.2) is 13.1 Å². The molecule has 2 nitrogen and oxygen atoms in total. The predicted molar refractivity (Wildman–Crippen MR) is 144 cm³/mol. The van der Waals surface area contributed by atoms with Gasteiger partial charge in [0.2, 0.25) is 0 Å². The average Bonchev–Trinajstić information content (AvgIpc) is 3.21. The fourth-order valence-corrected chi connectivity index (χ4v) is 5.61. The maximum Gasteiger partial charge on any atom is 0.135 e. The van der Waals surface area contributed by atoms with Crippen LogP contribution in [0.1, 0.15) is 26.3 Å². The number of furan rings is 1. The van der Waals surface area contributed by atoms with E-state index in [1.807, 2.05) is 12.3 Å². The van der Waals surface area contributed by atoms with E-state index in [0.717, 1.165) is 33.6 Å². The number of hydrogen-bond donors (Lipinski definition) is 0. The molecule has 0 unspecified atom stereocenters. The topological polar surface area (TPSA) is 26.0 Å². The molecule has 0 fully saturated rings. The van der Waals surface area contributed by atoms with Gasteiger partial charge in [-0.05, 0) is 58.1 Å². The van der Waals surface area contributed by atoms with Crippen LogP contribution >= 0.6 is 0 Å². The number of hydrogen-bond acceptors (Lipinski definition) is 2. The first-order chi connectivity index (χ1) is 15.6. The van der Waals surface area contributed by atoms with E-state index in [0.29, 0.717) is 0 Å². The Kier molecular flexibility index (Phi) is 5.06. The molecule has 0 saturated carbocycles. The summed E-state index contributed by atoms with van der Waals surface area (Å²) in [5.41, 5.74) is 5.50. The van der Waals surface area contributed by atoms with Gasteiger partial charge >= 0.3 is 0 Å². The Balaban J connectivity index is 1.61. The minimum Gasteiger partial charge on any atom is -0.456 e. The summed E-state index contributed by atoms with van der Waals surface area (Å²) in [5, 5.41) is 5.11. The number of pyridine rings is 1. The van der Waals surface area contributed by atoms with Crippen molar-refractivity contribution in [3.8, 4) is 22.6 Å². The molecule has 2 heterocycles. The van der Waals surface area contributed by atoms with Crippen molar-refractivity contribution >= 4 is 35.0 Å². The minimum atomic E-state index is -1.39. The molecule has 5 aromatic rings. The van der Waals surface area contributed by atoms with Crippen molar-refractivity contribution < 1.29 is 4.42 Å². The lowest BCUT2D eigenvalue weighted by Crippen LogP contribution is -2.37. The van der Waals surface area contributed by atoms with Gasteiger partial charge < -0.3 is 4.42 Å². The molecule has 166 valence electrons. The summed E-state index contributed by atoms with van der Waals surface area (Å²) in [6, 6.07) is 26.2. The minimum absolute atomic E-state index is 0.0417. The Labute approximate surface area is 197 Å². The molecule has 3 heteroatoms. The third-order valence-corrected chi connectivity index (χ3v) is 8.44. The third-order valence-electron chi connectivity index (χ3n) is 6.40.